The van der Waals surface area contributed by atoms with Crippen molar-refractivity contribution in [1.29, 1.82) is 0 Å². The second-order valence-corrected chi connectivity index (χ2v) is 15.3. The van der Waals surface area contributed by atoms with Gasteiger partial charge in [-0.25, -0.2) is 0 Å². The monoisotopic (exact) mass is 484 g/mol. The largest absolute Gasteiger partial charge is 0.388 e. The number of ketones is 3. The lowest BCUT2D eigenvalue weighted by molar-refractivity contribution is -0.187. The lowest BCUT2D eigenvalue weighted by atomic mass is 9.41. The van der Waals surface area contributed by atoms with Gasteiger partial charge in [-0.2, -0.15) is 0 Å². The van der Waals surface area contributed by atoms with Crippen molar-refractivity contribution in [1.82, 2.24) is 0 Å². The summed E-state index contributed by atoms with van der Waals surface area (Å²) in [4.78, 5) is 40.7. The molecule has 1 unspecified atom stereocenters. The average molecular weight is 485 g/mol. The lowest BCUT2D eigenvalue weighted by Gasteiger charge is -2.62. The van der Waals surface area contributed by atoms with Crippen molar-refractivity contribution in [2.45, 2.75) is 124 Å². The third-order valence-electron chi connectivity index (χ3n) is 13.1. The molecule has 1 saturated heterocycles. The second kappa shape index (κ2) is 6.49. The van der Waals surface area contributed by atoms with Gasteiger partial charge >= 0.3 is 0 Å². The SMILES string of the molecule is CC(C)(O)[C@@H]1CC[C@](C)([C@H]2C(=O)C[C@@]3(C)[C@@H]4CC(=O)[C@H]5C(C)(C)C(=O)CC[C@@]56CC46CC[C@]23C)O1. The fourth-order valence-corrected chi connectivity index (χ4v) is 11.3. The fraction of sp³-hybridized carbons (Fsp3) is 0.900. The highest BCUT2D eigenvalue weighted by atomic mass is 16.5. The molecule has 9 atom stereocenters. The van der Waals surface area contributed by atoms with Crippen molar-refractivity contribution < 1.29 is 24.2 Å². The molecule has 1 aliphatic heterocycles. The molecule has 6 fully saturated rings. The molecule has 5 nitrogen and oxygen atoms in total. The summed E-state index contributed by atoms with van der Waals surface area (Å²) in [5.41, 5.74) is -2.52. The number of carbonyl (C=O) groups excluding carboxylic acids is 3. The van der Waals surface area contributed by atoms with Gasteiger partial charge in [0.25, 0.3) is 0 Å². The third kappa shape index (κ3) is 2.61. The van der Waals surface area contributed by atoms with Crippen LogP contribution in [0.5, 0.6) is 0 Å². The van der Waals surface area contributed by atoms with Crippen LogP contribution in [0, 0.1) is 44.8 Å². The Kier molecular flexibility index (Phi) is 4.50. The van der Waals surface area contributed by atoms with Crippen molar-refractivity contribution in [3.8, 4) is 0 Å². The van der Waals surface area contributed by atoms with E-state index in [0.717, 1.165) is 38.5 Å². The highest BCUT2D eigenvalue weighted by molar-refractivity contribution is 5.96. The van der Waals surface area contributed by atoms with E-state index in [9.17, 15) is 19.5 Å². The number of ether oxygens (including phenoxy) is 1. The Hall–Kier alpha value is -1.07. The molecule has 0 aromatic carbocycles. The van der Waals surface area contributed by atoms with Gasteiger partial charge in [0.05, 0.1) is 23.2 Å². The van der Waals surface area contributed by atoms with E-state index in [4.69, 9.17) is 4.74 Å². The molecular formula is C30H44O5. The maximum atomic E-state index is 13.9. The van der Waals surface area contributed by atoms with Gasteiger partial charge in [-0.3, -0.25) is 14.4 Å². The Morgan fingerprint density at radius 2 is 1.54 bits per heavy atom. The van der Waals surface area contributed by atoms with Crippen LogP contribution in [0.15, 0.2) is 0 Å². The van der Waals surface area contributed by atoms with Crippen LogP contribution in [0.2, 0.25) is 0 Å². The number of fused-ring (bicyclic) bond motifs is 2. The summed E-state index contributed by atoms with van der Waals surface area (Å²) in [5.74, 6) is 0.638. The molecule has 1 heterocycles. The van der Waals surface area contributed by atoms with Crippen LogP contribution in [0.25, 0.3) is 0 Å². The third-order valence-corrected chi connectivity index (χ3v) is 13.1. The summed E-state index contributed by atoms with van der Waals surface area (Å²) in [5, 5.41) is 10.6. The Labute approximate surface area is 210 Å². The maximum absolute atomic E-state index is 13.9. The van der Waals surface area contributed by atoms with Crippen molar-refractivity contribution >= 4 is 17.3 Å². The van der Waals surface area contributed by atoms with Gasteiger partial charge in [0.15, 0.2) is 0 Å². The van der Waals surface area contributed by atoms with Crippen molar-refractivity contribution in [2.24, 2.45) is 44.8 Å². The number of carbonyl (C=O) groups is 3. The highest BCUT2D eigenvalue weighted by Gasteiger charge is 2.85. The summed E-state index contributed by atoms with van der Waals surface area (Å²) < 4.78 is 6.57. The Bertz CT molecular complexity index is 1040. The Balaban J connectivity index is 1.38. The van der Waals surface area contributed by atoms with E-state index in [1.54, 1.807) is 13.8 Å². The van der Waals surface area contributed by atoms with Gasteiger partial charge < -0.3 is 9.84 Å². The fourth-order valence-electron chi connectivity index (χ4n) is 11.3. The topological polar surface area (TPSA) is 80.7 Å². The molecule has 6 rings (SSSR count). The van der Waals surface area contributed by atoms with E-state index in [1.807, 2.05) is 13.8 Å². The van der Waals surface area contributed by atoms with Gasteiger partial charge in [0, 0.05) is 30.6 Å². The normalized spacial score (nSPS) is 54.7. The van der Waals surface area contributed by atoms with Crippen LogP contribution in [-0.2, 0) is 19.1 Å². The van der Waals surface area contributed by atoms with Crippen LogP contribution in [0.1, 0.15) is 106 Å². The molecule has 5 aliphatic carbocycles. The molecule has 0 amide bonds. The summed E-state index contributed by atoms with van der Waals surface area (Å²) in [6.45, 7) is 14.3. The van der Waals surface area contributed by atoms with Gasteiger partial charge in [-0.15, -0.1) is 0 Å². The van der Waals surface area contributed by atoms with E-state index in [2.05, 4.69) is 20.8 Å². The number of hydrogen-bond acceptors (Lipinski definition) is 5. The van der Waals surface area contributed by atoms with Crippen molar-refractivity contribution in [3.05, 3.63) is 0 Å². The number of rotatable bonds is 2. The zero-order valence-corrected chi connectivity index (χ0v) is 22.8. The Morgan fingerprint density at radius 3 is 2.17 bits per heavy atom. The summed E-state index contributed by atoms with van der Waals surface area (Å²) in [7, 11) is 0. The van der Waals surface area contributed by atoms with Crippen molar-refractivity contribution in [3.63, 3.8) is 0 Å². The zero-order chi connectivity index (χ0) is 25.6. The van der Waals surface area contributed by atoms with E-state index < -0.39 is 16.6 Å². The smallest absolute Gasteiger partial charge is 0.139 e. The highest BCUT2D eigenvalue weighted by Crippen LogP contribution is 2.88. The summed E-state index contributed by atoms with van der Waals surface area (Å²) in [6, 6.07) is 0. The predicted octanol–water partition coefficient (Wildman–Crippen LogP) is 5.06. The molecule has 1 N–H and O–H groups in total. The van der Waals surface area contributed by atoms with Crippen LogP contribution >= 0.6 is 0 Å². The number of hydrogen-bond donors (Lipinski definition) is 1. The van der Waals surface area contributed by atoms with Gasteiger partial charge in [0.2, 0.25) is 0 Å². The standard InChI is InChI=1S/C30H44O5/c1-24(2)20(33)8-11-30-16-29(30)13-12-26(5)23(28(7)10-9-21(35-28)25(3,4)34)18(32)15-27(26,6)19(29)14-17(31)22(24)30/h19,21-23,34H,8-16H2,1-7H3/t19-,21-,22-,23-,26+,27-,28+,29?,30+/m0/s1. The van der Waals surface area contributed by atoms with Gasteiger partial charge in [-0.05, 0) is 86.9 Å². The number of aliphatic hydroxyl groups is 1. The molecule has 194 valence electrons. The van der Waals surface area contributed by atoms with E-state index in [-0.39, 0.29) is 62.9 Å². The van der Waals surface area contributed by atoms with E-state index in [1.165, 1.54) is 0 Å². The lowest BCUT2D eigenvalue weighted by Crippen LogP contribution is -2.60. The quantitative estimate of drug-likeness (QED) is 0.592. The zero-order valence-electron chi connectivity index (χ0n) is 22.8. The maximum Gasteiger partial charge on any atom is 0.139 e. The molecular weight excluding hydrogens is 440 g/mol. The first-order valence-electron chi connectivity index (χ1n) is 14.0. The molecule has 5 saturated carbocycles. The summed E-state index contributed by atoms with van der Waals surface area (Å²) in [6.07, 6.45) is 6.81. The molecule has 0 aromatic rings. The first kappa shape index (κ1) is 24.3. The molecule has 6 aliphatic rings. The molecule has 0 aromatic heterocycles. The molecule has 5 heteroatoms. The van der Waals surface area contributed by atoms with Gasteiger partial charge in [0.1, 0.15) is 17.3 Å². The minimum absolute atomic E-state index is 0.0460. The van der Waals surface area contributed by atoms with Crippen LogP contribution in [-0.4, -0.2) is 39.8 Å². The molecule has 35 heavy (non-hydrogen) atoms. The minimum Gasteiger partial charge on any atom is -0.388 e. The van der Waals surface area contributed by atoms with Crippen LogP contribution in [0.4, 0.5) is 0 Å². The molecule has 2 spiro atoms. The van der Waals surface area contributed by atoms with E-state index in [0.29, 0.717) is 19.3 Å². The summed E-state index contributed by atoms with van der Waals surface area (Å²) >= 11 is 0. The molecule has 0 bridgehead atoms. The average Bonchev–Trinajstić information content (AvgIpc) is 3.08. The van der Waals surface area contributed by atoms with Gasteiger partial charge in [-0.1, -0.05) is 27.7 Å². The van der Waals surface area contributed by atoms with Crippen LogP contribution < -0.4 is 0 Å². The minimum atomic E-state index is -0.934. The first-order chi connectivity index (χ1) is 16.0. The molecule has 0 radical (unpaired) electrons. The number of Topliss-reactive ketones (excluding diaryl/α,β-unsaturated/α-hetero) is 3. The predicted molar refractivity (Wildman–Crippen MR) is 131 cm³/mol. The Morgan fingerprint density at radius 1 is 0.857 bits per heavy atom. The first-order valence-corrected chi connectivity index (χ1v) is 14.0. The van der Waals surface area contributed by atoms with E-state index >= 15 is 0 Å². The van der Waals surface area contributed by atoms with Crippen LogP contribution in [0.3, 0.4) is 0 Å². The second-order valence-electron chi connectivity index (χ2n) is 15.3. The van der Waals surface area contributed by atoms with Crippen molar-refractivity contribution in [2.75, 3.05) is 0 Å².